The average molecular weight is 444 g/mol. The number of carbonyl (C=O) groups excluding carboxylic acids is 2. The van der Waals surface area contributed by atoms with Crippen LogP contribution in [0.5, 0.6) is 5.75 Å². The number of benzene rings is 3. The molecule has 4 rings (SSSR count). The van der Waals surface area contributed by atoms with Crippen LogP contribution in [-0.2, 0) is 9.53 Å². The number of aromatic amines is 1. The van der Waals surface area contributed by atoms with E-state index in [1.807, 2.05) is 44.2 Å². The number of amides is 1. The summed E-state index contributed by atoms with van der Waals surface area (Å²) in [5.41, 5.74) is 4.42. The van der Waals surface area contributed by atoms with Crippen molar-refractivity contribution in [3.63, 3.8) is 0 Å². The summed E-state index contributed by atoms with van der Waals surface area (Å²) >= 11 is 0. The number of anilines is 1. The lowest BCUT2D eigenvalue weighted by Gasteiger charge is -2.15. The van der Waals surface area contributed by atoms with E-state index >= 15 is 0 Å². The Balaban J connectivity index is 1.45. The Hall–Kier alpha value is -4.13. The standard InChI is InChI=1S/C26H25N3O4/c1-4-32-23-8-6-5-7-21(23)29-25(30)17(3)33-26(31)19-13-14-20-22(15-19)28-24(27-20)18-11-9-16(2)10-12-18/h5-15,17H,4H2,1-3H3,(H,27,28)(H,29,30). The maximum Gasteiger partial charge on any atom is 0.338 e. The zero-order valence-electron chi connectivity index (χ0n) is 18.7. The summed E-state index contributed by atoms with van der Waals surface area (Å²) in [6.07, 6.45) is -0.993. The minimum atomic E-state index is -0.993. The highest BCUT2D eigenvalue weighted by atomic mass is 16.5. The van der Waals surface area contributed by atoms with Gasteiger partial charge in [0.05, 0.1) is 28.9 Å². The summed E-state index contributed by atoms with van der Waals surface area (Å²) in [6.45, 7) is 5.89. The van der Waals surface area contributed by atoms with Gasteiger partial charge in [0.15, 0.2) is 6.10 Å². The fraction of sp³-hybridized carbons (Fsp3) is 0.192. The summed E-state index contributed by atoms with van der Waals surface area (Å²) < 4.78 is 10.9. The molecule has 7 nitrogen and oxygen atoms in total. The molecule has 0 fully saturated rings. The maximum absolute atomic E-state index is 12.7. The van der Waals surface area contributed by atoms with Crippen LogP contribution in [0.2, 0.25) is 0 Å². The van der Waals surface area contributed by atoms with E-state index < -0.39 is 18.0 Å². The first kappa shape index (κ1) is 22.1. The van der Waals surface area contributed by atoms with Gasteiger partial charge in [-0.2, -0.15) is 0 Å². The van der Waals surface area contributed by atoms with Crippen molar-refractivity contribution in [2.75, 3.05) is 11.9 Å². The number of fused-ring (bicyclic) bond motifs is 1. The number of ether oxygens (including phenoxy) is 2. The number of rotatable bonds is 7. The van der Waals surface area contributed by atoms with Crippen molar-refractivity contribution in [1.29, 1.82) is 0 Å². The first-order valence-corrected chi connectivity index (χ1v) is 10.7. The van der Waals surface area contributed by atoms with Crippen molar-refractivity contribution in [1.82, 2.24) is 9.97 Å². The number of carbonyl (C=O) groups is 2. The van der Waals surface area contributed by atoms with Gasteiger partial charge in [-0.3, -0.25) is 4.79 Å². The zero-order chi connectivity index (χ0) is 23.4. The fourth-order valence-electron chi connectivity index (χ4n) is 3.35. The minimum absolute atomic E-state index is 0.330. The van der Waals surface area contributed by atoms with Gasteiger partial charge >= 0.3 is 5.97 Å². The number of imidazole rings is 1. The molecule has 4 aromatic rings. The van der Waals surface area contributed by atoms with E-state index in [-0.39, 0.29) is 0 Å². The molecule has 3 aromatic carbocycles. The van der Waals surface area contributed by atoms with Crippen LogP contribution in [0.15, 0.2) is 66.7 Å². The molecule has 0 saturated carbocycles. The van der Waals surface area contributed by atoms with E-state index in [1.165, 1.54) is 12.5 Å². The Morgan fingerprint density at radius 1 is 1.06 bits per heavy atom. The van der Waals surface area contributed by atoms with Crippen LogP contribution in [0, 0.1) is 6.92 Å². The largest absolute Gasteiger partial charge is 0.492 e. The fourth-order valence-corrected chi connectivity index (χ4v) is 3.35. The molecule has 168 valence electrons. The van der Waals surface area contributed by atoms with Crippen molar-refractivity contribution in [3.05, 3.63) is 77.9 Å². The van der Waals surface area contributed by atoms with E-state index in [2.05, 4.69) is 15.3 Å². The first-order valence-electron chi connectivity index (χ1n) is 10.7. The summed E-state index contributed by atoms with van der Waals surface area (Å²) in [7, 11) is 0. The molecule has 33 heavy (non-hydrogen) atoms. The molecule has 1 unspecified atom stereocenters. The van der Waals surface area contributed by atoms with Gasteiger partial charge in [0, 0.05) is 5.56 Å². The van der Waals surface area contributed by atoms with Gasteiger partial charge in [0.1, 0.15) is 11.6 Å². The molecular weight excluding hydrogens is 418 g/mol. The van der Waals surface area contributed by atoms with Gasteiger partial charge in [-0.25, -0.2) is 9.78 Å². The molecular formula is C26H25N3O4. The third-order valence-electron chi connectivity index (χ3n) is 5.14. The minimum Gasteiger partial charge on any atom is -0.492 e. The Morgan fingerprint density at radius 2 is 1.82 bits per heavy atom. The van der Waals surface area contributed by atoms with Crippen molar-refractivity contribution < 1.29 is 19.1 Å². The van der Waals surface area contributed by atoms with Crippen LogP contribution >= 0.6 is 0 Å². The van der Waals surface area contributed by atoms with Crippen molar-refractivity contribution >= 4 is 28.6 Å². The average Bonchev–Trinajstić information content (AvgIpc) is 3.24. The number of nitrogens with zero attached hydrogens (tertiary/aromatic N) is 1. The van der Waals surface area contributed by atoms with E-state index in [0.29, 0.717) is 29.1 Å². The zero-order valence-corrected chi connectivity index (χ0v) is 18.7. The SMILES string of the molecule is CCOc1ccccc1NC(=O)C(C)OC(=O)c1ccc2nc(-c3ccc(C)cc3)[nH]c2c1. The molecule has 1 heterocycles. The van der Waals surface area contributed by atoms with Crippen LogP contribution < -0.4 is 10.1 Å². The molecule has 1 aromatic heterocycles. The normalized spacial score (nSPS) is 11.7. The molecule has 2 N–H and O–H groups in total. The third kappa shape index (κ3) is 5.03. The molecule has 0 aliphatic rings. The van der Waals surface area contributed by atoms with Crippen LogP contribution in [0.1, 0.15) is 29.8 Å². The molecule has 0 aliphatic carbocycles. The van der Waals surface area contributed by atoms with Crippen molar-refractivity contribution in [2.24, 2.45) is 0 Å². The van der Waals surface area contributed by atoms with Gasteiger partial charge in [-0.05, 0) is 51.1 Å². The number of nitrogens with one attached hydrogen (secondary N) is 2. The van der Waals surface area contributed by atoms with Crippen molar-refractivity contribution in [2.45, 2.75) is 26.9 Å². The number of hydrogen-bond donors (Lipinski definition) is 2. The first-order chi connectivity index (χ1) is 15.9. The molecule has 0 bridgehead atoms. The van der Waals surface area contributed by atoms with Gasteiger partial charge in [0.25, 0.3) is 5.91 Å². The van der Waals surface area contributed by atoms with E-state index in [0.717, 1.165) is 16.9 Å². The molecule has 0 spiro atoms. The molecule has 1 atom stereocenters. The smallest absolute Gasteiger partial charge is 0.338 e. The maximum atomic E-state index is 12.7. The lowest BCUT2D eigenvalue weighted by Crippen LogP contribution is -2.30. The number of aromatic nitrogens is 2. The Morgan fingerprint density at radius 3 is 2.58 bits per heavy atom. The van der Waals surface area contributed by atoms with Crippen LogP contribution in [0.25, 0.3) is 22.4 Å². The van der Waals surface area contributed by atoms with Crippen LogP contribution in [0.3, 0.4) is 0 Å². The Bertz CT molecular complexity index is 1290. The van der Waals surface area contributed by atoms with Gasteiger partial charge in [-0.1, -0.05) is 42.0 Å². The Labute approximate surface area is 191 Å². The second kappa shape index (κ2) is 9.56. The molecule has 0 saturated heterocycles. The van der Waals surface area contributed by atoms with E-state index in [9.17, 15) is 9.59 Å². The predicted molar refractivity (Wildman–Crippen MR) is 127 cm³/mol. The number of hydrogen-bond acceptors (Lipinski definition) is 5. The molecule has 7 heteroatoms. The number of esters is 1. The lowest BCUT2D eigenvalue weighted by molar-refractivity contribution is -0.123. The summed E-state index contributed by atoms with van der Waals surface area (Å²) in [6, 6.07) is 20.2. The third-order valence-corrected chi connectivity index (χ3v) is 5.14. The molecule has 0 radical (unpaired) electrons. The molecule has 0 aliphatic heterocycles. The summed E-state index contributed by atoms with van der Waals surface area (Å²) in [5, 5.41) is 2.75. The molecule has 1 amide bonds. The van der Waals surface area contributed by atoms with Crippen LogP contribution in [-0.4, -0.2) is 34.6 Å². The number of H-pyrrole nitrogens is 1. The predicted octanol–water partition coefficient (Wildman–Crippen LogP) is 5.12. The van der Waals surface area contributed by atoms with E-state index in [1.54, 1.807) is 36.4 Å². The highest BCUT2D eigenvalue weighted by Gasteiger charge is 2.21. The summed E-state index contributed by atoms with van der Waals surface area (Å²) in [4.78, 5) is 33.1. The highest BCUT2D eigenvalue weighted by Crippen LogP contribution is 2.25. The van der Waals surface area contributed by atoms with Crippen LogP contribution in [0.4, 0.5) is 5.69 Å². The van der Waals surface area contributed by atoms with Gasteiger partial charge in [0.2, 0.25) is 0 Å². The van der Waals surface area contributed by atoms with Gasteiger partial charge < -0.3 is 19.8 Å². The Kier molecular flexibility index (Phi) is 6.40. The van der Waals surface area contributed by atoms with Crippen molar-refractivity contribution in [3.8, 4) is 17.1 Å². The number of aryl methyl sites for hydroxylation is 1. The topological polar surface area (TPSA) is 93.3 Å². The number of para-hydroxylation sites is 2. The van der Waals surface area contributed by atoms with E-state index in [4.69, 9.17) is 9.47 Å². The second-order valence-corrected chi connectivity index (χ2v) is 7.65. The lowest BCUT2D eigenvalue weighted by atomic mass is 10.1. The summed E-state index contributed by atoms with van der Waals surface area (Å²) in [5.74, 6) is 0.237. The highest BCUT2D eigenvalue weighted by molar-refractivity contribution is 5.99. The quantitative estimate of drug-likeness (QED) is 0.387. The van der Waals surface area contributed by atoms with Gasteiger partial charge in [-0.15, -0.1) is 0 Å². The monoisotopic (exact) mass is 443 g/mol. The second-order valence-electron chi connectivity index (χ2n) is 7.65.